The number of carbonyl (C=O) groups excluding carboxylic acids is 2. The van der Waals surface area contributed by atoms with Gasteiger partial charge in [0.15, 0.2) is 0 Å². The first-order chi connectivity index (χ1) is 18.8. The summed E-state index contributed by atoms with van der Waals surface area (Å²) in [5, 5.41) is 13.0. The van der Waals surface area contributed by atoms with Crippen molar-refractivity contribution in [1.29, 1.82) is 0 Å². The number of rotatable bonds is 6. The Morgan fingerprint density at radius 3 is 2.05 bits per heavy atom. The highest BCUT2D eigenvalue weighted by Gasteiger charge is 2.38. The van der Waals surface area contributed by atoms with Gasteiger partial charge < -0.3 is 25.5 Å². The summed E-state index contributed by atoms with van der Waals surface area (Å²) in [6.07, 6.45) is -3.11. The molecule has 15 heteroatoms. The van der Waals surface area contributed by atoms with Gasteiger partial charge in [-0.1, -0.05) is 0 Å². The number of anilines is 3. The maximum Gasteiger partial charge on any atom is 0.490 e. The second kappa shape index (κ2) is 13.0. The predicted molar refractivity (Wildman–Crippen MR) is 142 cm³/mol. The molecule has 4 rings (SSSR count). The molecule has 0 radical (unpaired) electrons. The van der Waals surface area contributed by atoms with Gasteiger partial charge in [-0.3, -0.25) is 14.3 Å². The minimum Gasteiger partial charge on any atom is -0.475 e. The van der Waals surface area contributed by atoms with Crippen LogP contribution in [0, 0.1) is 0 Å². The number of likely N-dealkylation sites (tertiary alicyclic amines) is 1. The minimum absolute atomic E-state index is 0.0686. The van der Waals surface area contributed by atoms with Gasteiger partial charge in [0, 0.05) is 57.4 Å². The standard InChI is InChI=1S/C23H29N5O4S.C2HF3O2/c1-17(29)25-19-5-7-20(8-6-19)33(31,32)26-21-16-18(23(30)28-12-2-3-13-28)4-9-22(21)27-14-10-24-11-15-27;3-2(4,5)1(6)7/h4-9,16,24,26H,2-3,10-15H2,1H3,(H,25,29);(H,6,7). The molecule has 0 aliphatic carbocycles. The summed E-state index contributed by atoms with van der Waals surface area (Å²) in [7, 11) is -3.91. The van der Waals surface area contributed by atoms with Gasteiger partial charge in [-0.05, 0) is 55.3 Å². The molecule has 2 aliphatic rings. The fourth-order valence-corrected chi connectivity index (χ4v) is 5.22. The van der Waals surface area contributed by atoms with Crippen molar-refractivity contribution < 1.29 is 41.1 Å². The van der Waals surface area contributed by atoms with Gasteiger partial charge in [0.2, 0.25) is 5.91 Å². The molecule has 0 spiro atoms. The van der Waals surface area contributed by atoms with E-state index >= 15 is 0 Å². The van der Waals surface area contributed by atoms with Gasteiger partial charge in [-0.25, -0.2) is 13.2 Å². The summed E-state index contributed by atoms with van der Waals surface area (Å²) in [5.41, 5.74) is 2.11. The van der Waals surface area contributed by atoms with Crippen LogP contribution >= 0.6 is 0 Å². The van der Waals surface area contributed by atoms with Gasteiger partial charge in [0.25, 0.3) is 15.9 Å². The minimum atomic E-state index is -5.08. The third kappa shape index (κ3) is 8.32. The van der Waals surface area contributed by atoms with Crippen molar-refractivity contribution in [3.05, 3.63) is 48.0 Å². The maximum atomic E-state index is 13.2. The first-order valence-corrected chi connectivity index (χ1v) is 13.9. The van der Waals surface area contributed by atoms with Gasteiger partial charge in [-0.2, -0.15) is 13.2 Å². The fraction of sp³-hybridized carbons (Fsp3) is 0.400. The van der Waals surface area contributed by atoms with Gasteiger partial charge in [0.1, 0.15) is 0 Å². The molecule has 2 fully saturated rings. The summed E-state index contributed by atoms with van der Waals surface area (Å²) in [6, 6.07) is 11.2. The first-order valence-electron chi connectivity index (χ1n) is 12.4. The normalized spacial score (nSPS) is 15.6. The number of hydrogen-bond acceptors (Lipinski definition) is 7. The highest BCUT2D eigenvalue weighted by molar-refractivity contribution is 7.92. The van der Waals surface area contributed by atoms with Crippen LogP contribution in [0.2, 0.25) is 0 Å². The zero-order valence-electron chi connectivity index (χ0n) is 21.6. The van der Waals surface area contributed by atoms with Crippen molar-refractivity contribution in [1.82, 2.24) is 10.2 Å². The van der Waals surface area contributed by atoms with Crippen LogP contribution in [0.15, 0.2) is 47.4 Å². The lowest BCUT2D eigenvalue weighted by atomic mass is 10.1. The first kappa shape index (κ1) is 30.7. The molecule has 2 aliphatic heterocycles. The van der Waals surface area contributed by atoms with E-state index in [2.05, 4.69) is 20.3 Å². The number of aliphatic carboxylic acids is 1. The van der Waals surface area contributed by atoms with Crippen LogP contribution in [-0.2, 0) is 19.6 Å². The van der Waals surface area contributed by atoms with E-state index in [1.54, 1.807) is 29.2 Å². The Balaban J connectivity index is 0.000000559. The van der Waals surface area contributed by atoms with Crippen LogP contribution in [0.3, 0.4) is 0 Å². The molecule has 2 heterocycles. The van der Waals surface area contributed by atoms with Crippen LogP contribution in [-0.4, -0.2) is 81.7 Å². The Kier molecular flexibility index (Phi) is 9.98. The maximum absolute atomic E-state index is 13.2. The van der Waals surface area contributed by atoms with Crippen molar-refractivity contribution in [3.63, 3.8) is 0 Å². The SMILES string of the molecule is CC(=O)Nc1ccc(S(=O)(=O)Nc2cc(C(=O)N3CCCC3)ccc2N2CCNCC2)cc1.O=C(O)C(F)(F)F. The molecular formula is C25H30F3N5O6S. The van der Waals surface area contributed by atoms with E-state index in [9.17, 15) is 31.2 Å². The molecule has 0 saturated carbocycles. The molecular weight excluding hydrogens is 555 g/mol. The largest absolute Gasteiger partial charge is 0.490 e. The topological polar surface area (TPSA) is 148 Å². The van der Waals surface area contributed by atoms with E-state index in [1.165, 1.54) is 19.1 Å². The molecule has 2 amide bonds. The molecule has 0 aromatic heterocycles. The van der Waals surface area contributed by atoms with E-state index in [0.717, 1.165) is 57.8 Å². The quantitative estimate of drug-likeness (QED) is 0.405. The molecule has 0 atom stereocenters. The molecule has 4 N–H and O–H groups in total. The highest BCUT2D eigenvalue weighted by Crippen LogP contribution is 2.31. The second-order valence-electron chi connectivity index (χ2n) is 9.08. The Morgan fingerprint density at radius 2 is 1.52 bits per heavy atom. The Morgan fingerprint density at radius 1 is 0.950 bits per heavy atom. The summed E-state index contributed by atoms with van der Waals surface area (Å²) < 4.78 is 60.8. The van der Waals surface area contributed by atoms with E-state index in [1.807, 2.05) is 6.07 Å². The zero-order valence-corrected chi connectivity index (χ0v) is 22.4. The third-order valence-corrected chi connectivity index (χ3v) is 7.45. The number of sulfonamides is 1. The molecule has 218 valence electrons. The summed E-state index contributed by atoms with van der Waals surface area (Å²) in [4.78, 5) is 37.0. The molecule has 40 heavy (non-hydrogen) atoms. The lowest BCUT2D eigenvalue weighted by Gasteiger charge is -2.31. The van der Waals surface area contributed by atoms with Crippen molar-refractivity contribution in [2.24, 2.45) is 0 Å². The van der Waals surface area contributed by atoms with Crippen LogP contribution in [0.5, 0.6) is 0 Å². The molecule has 2 aromatic carbocycles. The van der Waals surface area contributed by atoms with Crippen LogP contribution in [0.4, 0.5) is 30.2 Å². The number of carboxylic acid groups (broad SMARTS) is 1. The number of hydrogen-bond donors (Lipinski definition) is 4. The summed E-state index contributed by atoms with van der Waals surface area (Å²) in [5.74, 6) is -3.07. The van der Waals surface area contributed by atoms with E-state index < -0.39 is 22.2 Å². The number of nitrogens with one attached hydrogen (secondary N) is 3. The van der Waals surface area contributed by atoms with E-state index in [4.69, 9.17) is 9.90 Å². The second-order valence-corrected chi connectivity index (χ2v) is 10.8. The zero-order chi connectivity index (χ0) is 29.5. The number of amides is 2. The van der Waals surface area contributed by atoms with Crippen molar-refractivity contribution in [3.8, 4) is 0 Å². The number of benzene rings is 2. The number of alkyl halides is 3. The van der Waals surface area contributed by atoms with Gasteiger partial charge in [0.05, 0.1) is 16.3 Å². The van der Waals surface area contributed by atoms with Crippen molar-refractivity contribution >= 4 is 44.9 Å². The van der Waals surface area contributed by atoms with Gasteiger partial charge in [-0.15, -0.1) is 0 Å². The number of piperazine rings is 1. The van der Waals surface area contributed by atoms with Gasteiger partial charge >= 0.3 is 12.1 Å². The third-order valence-electron chi connectivity index (χ3n) is 6.07. The smallest absolute Gasteiger partial charge is 0.475 e. The van der Waals surface area contributed by atoms with E-state index in [-0.39, 0.29) is 16.7 Å². The predicted octanol–water partition coefficient (Wildman–Crippen LogP) is 2.72. The molecule has 0 bridgehead atoms. The summed E-state index contributed by atoms with van der Waals surface area (Å²) in [6.45, 7) is 5.90. The molecule has 0 unspecified atom stereocenters. The van der Waals surface area contributed by atoms with Crippen molar-refractivity contribution in [2.45, 2.75) is 30.8 Å². The van der Waals surface area contributed by atoms with E-state index in [0.29, 0.717) is 16.9 Å². The average molecular weight is 586 g/mol. The number of nitrogens with zero attached hydrogens (tertiary/aromatic N) is 2. The van der Waals surface area contributed by atoms with Crippen molar-refractivity contribution in [2.75, 3.05) is 54.2 Å². The lowest BCUT2D eigenvalue weighted by Crippen LogP contribution is -2.43. The van der Waals surface area contributed by atoms with Crippen LogP contribution in [0.25, 0.3) is 0 Å². The Bertz CT molecular complexity index is 1320. The summed E-state index contributed by atoms with van der Waals surface area (Å²) >= 11 is 0. The molecule has 2 aromatic rings. The van der Waals surface area contributed by atoms with Crippen LogP contribution < -0.4 is 20.3 Å². The lowest BCUT2D eigenvalue weighted by molar-refractivity contribution is -0.192. The number of carbonyl (C=O) groups is 3. The Labute approximate surface area is 229 Å². The highest BCUT2D eigenvalue weighted by atomic mass is 32.2. The number of halogens is 3. The number of carboxylic acids is 1. The Hall–Kier alpha value is -3.85. The fourth-order valence-electron chi connectivity index (χ4n) is 4.16. The molecule has 2 saturated heterocycles. The van der Waals surface area contributed by atoms with Crippen LogP contribution in [0.1, 0.15) is 30.1 Å². The molecule has 11 nitrogen and oxygen atoms in total. The monoisotopic (exact) mass is 585 g/mol. The average Bonchev–Trinajstić information content (AvgIpc) is 3.43.